The number of likely N-dealkylation sites (tertiary alicyclic amines) is 1. The average Bonchev–Trinajstić information content (AvgIpc) is 2.69. The summed E-state index contributed by atoms with van der Waals surface area (Å²) in [5, 5.41) is 10.1. The van der Waals surface area contributed by atoms with E-state index in [1.165, 1.54) is 38.9 Å². The zero-order valence-electron chi connectivity index (χ0n) is 12.3. The van der Waals surface area contributed by atoms with Crippen LogP contribution in [0.15, 0.2) is 0 Å². The maximum Gasteiger partial charge on any atom is 0.0580 e. The van der Waals surface area contributed by atoms with Crippen LogP contribution in [0.5, 0.6) is 0 Å². The first kappa shape index (κ1) is 14.3. The van der Waals surface area contributed by atoms with Crippen molar-refractivity contribution in [3.63, 3.8) is 0 Å². The predicted molar refractivity (Wildman–Crippen MR) is 75.6 cm³/mol. The molecule has 1 aliphatic carbocycles. The molecule has 2 aliphatic rings. The van der Waals surface area contributed by atoms with Crippen LogP contribution in [0.2, 0.25) is 0 Å². The summed E-state index contributed by atoms with van der Waals surface area (Å²) in [5.41, 5.74) is 0. The van der Waals surface area contributed by atoms with E-state index in [2.05, 4.69) is 30.8 Å². The van der Waals surface area contributed by atoms with Gasteiger partial charge in [-0.15, -0.1) is 0 Å². The molecule has 4 atom stereocenters. The molecule has 18 heavy (non-hydrogen) atoms. The Morgan fingerprint density at radius 3 is 2.67 bits per heavy atom. The van der Waals surface area contributed by atoms with Gasteiger partial charge in [-0.3, -0.25) is 0 Å². The zero-order valence-corrected chi connectivity index (χ0v) is 12.3. The summed E-state index contributed by atoms with van der Waals surface area (Å²) in [4.78, 5) is 4.88. The predicted octanol–water partition coefficient (Wildman–Crippen LogP) is 1.67. The van der Waals surface area contributed by atoms with Crippen molar-refractivity contribution in [2.75, 3.05) is 40.3 Å². The SMILES string of the molecule is CC1CCC(O)C(CN(C)CC2CCN(C)C2)C1. The molecule has 1 saturated carbocycles. The van der Waals surface area contributed by atoms with Crippen molar-refractivity contribution in [2.24, 2.45) is 17.8 Å². The van der Waals surface area contributed by atoms with Gasteiger partial charge < -0.3 is 14.9 Å². The molecule has 3 heteroatoms. The molecule has 106 valence electrons. The Morgan fingerprint density at radius 1 is 1.22 bits per heavy atom. The van der Waals surface area contributed by atoms with Gasteiger partial charge >= 0.3 is 0 Å². The Kier molecular flexibility index (Phi) is 5.05. The standard InChI is InChI=1S/C15H30N2O/c1-12-4-5-15(18)14(8-12)11-17(3)10-13-6-7-16(2)9-13/h12-15,18H,4-11H2,1-3H3. The van der Waals surface area contributed by atoms with E-state index in [0.29, 0.717) is 5.92 Å². The summed E-state index contributed by atoms with van der Waals surface area (Å²) in [7, 11) is 4.44. The highest BCUT2D eigenvalue weighted by Gasteiger charge is 2.29. The van der Waals surface area contributed by atoms with Crippen LogP contribution in [0, 0.1) is 17.8 Å². The van der Waals surface area contributed by atoms with Gasteiger partial charge in [0.1, 0.15) is 0 Å². The van der Waals surface area contributed by atoms with Crippen LogP contribution in [-0.2, 0) is 0 Å². The van der Waals surface area contributed by atoms with Crippen molar-refractivity contribution in [3.8, 4) is 0 Å². The molecule has 0 amide bonds. The summed E-state index contributed by atoms with van der Waals surface area (Å²) in [6, 6.07) is 0. The van der Waals surface area contributed by atoms with Crippen LogP contribution >= 0.6 is 0 Å². The van der Waals surface area contributed by atoms with Crippen LogP contribution < -0.4 is 0 Å². The van der Waals surface area contributed by atoms with Gasteiger partial charge in [0, 0.05) is 19.6 Å². The second kappa shape index (κ2) is 6.36. The Morgan fingerprint density at radius 2 is 2.00 bits per heavy atom. The Hall–Kier alpha value is -0.120. The molecule has 4 unspecified atom stereocenters. The molecule has 1 aliphatic heterocycles. The highest BCUT2D eigenvalue weighted by molar-refractivity contribution is 4.81. The molecular formula is C15H30N2O. The van der Waals surface area contributed by atoms with Crippen molar-refractivity contribution in [1.29, 1.82) is 0 Å². The van der Waals surface area contributed by atoms with Crippen LogP contribution in [0.3, 0.4) is 0 Å². The number of hydrogen-bond donors (Lipinski definition) is 1. The summed E-state index contributed by atoms with van der Waals surface area (Å²) in [5.74, 6) is 2.13. The first-order valence-corrected chi connectivity index (χ1v) is 7.59. The Bertz CT molecular complexity index is 259. The van der Waals surface area contributed by atoms with Crippen molar-refractivity contribution >= 4 is 0 Å². The van der Waals surface area contributed by atoms with Crippen LogP contribution in [0.1, 0.15) is 32.6 Å². The second-order valence-electron chi connectivity index (χ2n) is 6.88. The molecule has 2 rings (SSSR count). The maximum absolute atomic E-state index is 10.1. The number of aliphatic hydroxyl groups excluding tert-OH is 1. The lowest BCUT2D eigenvalue weighted by Gasteiger charge is -2.35. The third kappa shape index (κ3) is 3.94. The minimum absolute atomic E-state index is 0.0603. The van der Waals surface area contributed by atoms with Crippen molar-refractivity contribution in [2.45, 2.75) is 38.7 Å². The minimum atomic E-state index is -0.0603. The second-order valence-corrected chi connectivity index (χ2v) is 6.88. The first-order valence-electron chi connectivity index (χ1n) is 7.59. The Labute approximate surface area is 112 Å². The number of hydrogen-bond acceptors (Lipinski definition) is 3. The van der Waals surface area contributed by atoms with E-state index in [9.17, 15) is 5.11 Å². The first-order chi connectivity index (χ1) is 8.54. The van der Waals surface area contributed by atoms with Gasteiger partial charge in [0.2, 0.25) is 0 Å². The molecular weight excluding hydrogens is 224 g/mol. The molecule has 1 heterocycles. The molecule has 1 N–H and O–H groups in total. The van der Waals surface area contributed by atoms with E-state index in [-0.39, 0.29) is 6.10 Å². The molecule has 1 saturated heterocycles. The van der Waals surface area contributed by atoms with Gasteiger partial charge in [-0.2, -0.15) is 0 Å². The van der Waals surface area contributed by atoms with Gasteiger partial charge in [0.15, 0.2) is 0 Å². The summed E-state index contributed by atoms with van der Waals surface area (Å²) < 4.78 is 0. The van der Waals surface area contributed by atoms with Gasteiger partial charge in [-0.1, -0.05) is 6.92 Å². The fraction of sp³-hybridized carbons (Fsp3) is 1.00. The molecule has 0 aromatic rings. The monoisotopic (exact) mass is 254 g/mol. The molecule has 0 radical (unpaired) electrons. The average molecular weight is 254 g/mol. The minimum Gasteiger partial charge on any atom is -0.393 e. The quantitative estimate of drug-likeness (QED) is 0.827. The molecule has 2 fully saturated rings. The molecule has 0 aromatic carbocycles. The lowest BCUT2D eigenvalue weighted by molar-refractivity contribution is 0.0328. The van der Waals surface area contributed by atoms with E-state index < -0.39 is 0 Å². The topological polar surface area (TPSA) is 26.7 Å². The number of nitrogens with zero attached hydrogens (tertiary/aromatic N) is 2. The maximum atomic E-state index is 10.1. The number of aliphatic hydroxyl groups is 1. The molecule has 0 bridgehead atoms. The molecule has 0 aromatic heterocycles. The fourth-order valence-corrected chi connectivity index (χ4v) is 3.77. The fourth-order valence-electron chi connectivity index (χ4n) is 3.77. The Balaban J connectivity index is 1.74. The van der Waals surface area contributed by atoms with Crippen molar-refractivity contribution in [1.82, 2.24) is 9.80 Å². The summed E-state index contributed by atoms with van der Waals surface area (Å²) in [6.07, 6.45) is 4.69. The van der Waals surface area contributed by atoms with E-state index in [0.717, 1.165) is 24.8 Å². The van der Waals surface area contributed by atoms with Crippen molar-refractivity contribution < 1.29 is 5.11 Å². The van der Waals surface area contributed by atoms with Gasteiger partial charge in [0.25, 0.3) is 0 Å². The highest BCUT2D eigenvalue weighted by Crippen LogP contribution is 2.29. The molecule has 0 spiro atoms. The van der Waals surface area contributed by atoms with Gasteiger partial charge in [-0.05, 0) is 64.1 Å². The van der Waals surface area contributed by atoms with Crippen LogP contribution in [0.25, 0.3) is 0 Å². The van der Waals surface area contributed by atoms with Crippen molar-refractivity contribution in [3.05, 3.63) is 0 Å². The van der Waals surface area contributed by atoms with E-state index in [1.54, 1.807) is 0 Å². The smallest absolute Gasteiger partial charge is 0.0580 e. The van der Waals surface area contributed by atoms with Gasteiger partial charge in [0.05, 0.1) is 6.10 Å². The number of rotatable bonds is 4. The third-order valence-electron chi connectivity index (χ3n) is 4.81. The third-order valence-corrected chi connectivity index (χ3v) is 4.81. The van der Waals surface area contributed by atoms with Crippen LogP contribution in [-0.4, -0.2) is 61.3 Å². The van der Waals surface area contributed by atoms with E-state index in [1.807, 2.05) is 0 Å². The summed E-state index contributed by atoms with van der Waals surface area (Å²) in [6.45, 7) is 7.09. The summed E-state index contributed by atoms with van der Waals surface area (Å²) >= 11 is 0. The lowest BCUT2D eigenvalue weighted by atomic mass is 9.80. The zero-order chi connectivity index (χ0) is 13.1. The molecule has 3 nitrogen and oxygen atoms in total. The van der Waals surface area contributed by atoms with E-state index in [4.69, 9.17) is 0 Å². The van der Waals surface area contributed by atoms with E-state index >= 15 is 0 Å². The van der Waals surface area contributed by atoms with Crippen LogP contribution in [0.4, 0.5) is 0 Å². The largest absolute Gasteiger partial charge is 0.393 e. The van der Waals surface area contributed by atoms with Gasteiger partial charge in [-0.25, -0.2) is 0 Å². The lowest BCUT2D eigenvalue weighted by Crippen LogP contribution is -2.39. The normalized spacial score (nSPS) is 38.5. The highest BCUT2D eigenvalue weighted by atomic mass is 16.3.